The number of ether oxygens (including phenoxy) is 2. The van der Waals surface area contributed by atoms with Crippen molar-refractivity contribution >= 4 is 17.9 Å². The number of piperidine rings is 1. The van der Waals surface area contributed by atoms with Crippen molar-refractivity contribution in [2.75, 3.05) is 26.2 Å². The number of alkyl carbamates (subject to hydrolysis) is 1. The first-order valence-corrected chi connectivity index (χ1v) is 12.6. The third kappa shape index (κ3) is 11.0. The predicted octanol–water partition coefficient (Wildman–Crippen LogP) is 4.17. The molecule has 0 atom stereocenters. The highest BCUT2D eigenvalue weighted by atomic mass is 16.6. The molecule has 0 unspecified atom stereocenters. The van der Waals surface area contributed by atoms with Crippen LogP contribution in [0.2, 0.25) is 0 Å². The van der Waals surface area contributed by atoms with Crippen LogP contribution in [0, 0.1) is 0 Å². The second kappa shape index (κ2) is 12.8. The Balaban J connectivity index is 1.58. The monoisotopic (exact) mass is 489 g/mol. The third-order valence-electron chi connectivity index (χ3n) is 5.76. The van der Waals surface area contributed by atoms with Crippen LogP contribution in [0.25, 0.3) is 0 Å². The zero-order valence-corrected chi connectivity index (χ0v) is 22.2. The van der Waals surface area contributed by atoms with E-state index in [1.165, 1.54) is 5.56 Å². The molecule has 2 rings (SSSR count). The SMILES string of the molecule is CC(C)(C)OC(=O)NCCC(=O)NC1CCN(C(=O)CCCOc2ccc(C(C)(C)C)cc2)CC1. The van der Waals surface area contributed by atoms with Crippen LogP contribution in [0.15, 0.2) is 24.3 Å². The largest absolute Gasteiger partial charge is 0.494 e. The minimum absolute atomic E-state index is 0.0486. The van der Waals surface area contributed by atoms with Gasteiger partial charge in [0.25, 0.3) is 0 Å². The molecule has 1 fully saturated rings. The lowest BCUT2D eigenvalue weighted by atomic mass is 9.87. The van der Waals surface area contributed by atoms with E-state index in [1.807, 2.05) is 17.0 Å². The molecule has 0 spiro atoms. The van der Waals surface area contributed by atoms with E-state index >= 15 is 0 Å². The molecule has 1 aromatic rings. The molecule has 0 saturated carbocycles. The summed E-state index contributed by atoms with van der Waals surface area (Å²) in [7, 11) is 0. The fourth-order valence-corrected chi connectivity index (χ4v) is 3.79. The maximum atomic E-state index is 12.5. The van der Waals surface area contributed by atoms with E-state index in [-0.39, 0.29) is 36.2 Å². The van der Waals surface area contributed by atoms with Gasteiger partial charge in [0.1, 0.15) is 11.4 Å². The third-order valence-corrected chi connectivity index (χ3v) is 5.76. The van der Waals surface area contributed by atoms with Crippen molar-refractivity contribution in [2.45, 2.75) is 90.7 Å². The van der Waals surface area contributed by atoms with E-state index < -0.39 is 11.7 Å². The molecule has 0 bridgehead atoms. The molecule has 2 N–H and O–H groups in total. The summed E-state index contributed by atoms with van der Waals surface area (Å²) in [5, 5.41) is 5.58. The number of hydrogen-bond donors (Lipinski definition) is 2. The summed E-state index contributed by atoms with van der Waals surface area (Å²) in [6.07, 6.45) is 2.24. The summed E-state index contributed by atoms with van der Waals surface area (Å²) >= 11 is 0. The molecule has 1 aromatic carbocycles. The van der Waals surface area contributed by atoms with Crippen LogP contribution in [0.5, 0.6) is 5.75 Å². The molecule has 1 aliphatic rings. The number of nitrogens with zero attached hydrogens (tertiary/aromatic N) is 1. The number of benzene rings is 1. The number of amides is 3. The molecular weight excluding hydrogens is 446 g/mol. The van der Waals surface area contributed by atoms with Crippen molar-refractivity contribution in [2.24, 2.45) is 0 Å². The Bertz CT molecular complexity index is 832. The number of nitrogens with one attached hydrogen (secondary N) is 2. The Morgan fingerprint density at radius 2 is 1.60 bits per heavy atom. The molecule has 8 nitrogen and oxygen atoms in total. The number of carbonyl (C=O) groups excluding carboxylic acids is 3. The maximum Gasteiger partial charge on any atom is 0.407 e. The van der Waals surface area contributed by atoms with Crippen LogP contribution in [-0.4, -0.2) is 60.7 Å². The summed E-state index contributed by atoms with van der Waals surface area (Å²) in [5.41, 5.74) is 0.806. The number of rotatable bonds is 9. The molecule has 3 amide bonds. The Hall–Kier alpha value is -2.77. The van der Waals surface area contributed by atoms with Crippen LogP contribution in [0.1, 0.15) is 79.2 Å². The molecule has 35 heavy (non-hydrogen) atoms. The van der Waals surface area contributed by atoms with E-state index in [0.717, 1.165) is 18.6 Å². The van der Waals surface area contributed by atoms with Gasteiger partial charge < -0.3 is 25.0 Å². The van der Waals surface area contributed by atoms with Crippen LogP contribution in [0.4, 0.5) is 4.79 Å². The highest BCUT2D eigenvalue weighted by Gasteiger charge is 2.24. The van der Waals surface area contributed by atoms with Gasteiger partial charge in [-0.1, -0.05) is 32.9 Å². The van der Waals surface area contributed by atoms with Gasteiger partial charge in [0.2, 0.25) is 11.8 Å². The van der Waals surface area contributed by atoms with Crippen LogP contribution >= 0.6 is 0 Å². The summed E-state index contributed by atoms with van der Waals surface area (Å²) in [4.78, 5) is 38.2. The topological polar surface area (TPSA) is 97.0 Å². The minimum atomic E-state index is -0.566. The number of hydrogen-bond acceptors (Lipinski definition) is 5. The average Bonchev–Trinajstić information content (AvgIpc) is 2.75. The van der Waals surface area contributed by atoms with Gasteiger partial charge in [-0.05, 0) is 63.1 Å². The molecule has 0 aromatic heterocycles. The van der Waals surface area contributed by atoms with Crippen molar-refractivity contribution in [3.05, 3.63) is 29.8 Å². The van der Waals surface area contributed by atoms with Gasteiger partial charge in [-0.2, -0.15) is 0 Å². The first-order chi connectivity index (χ1) is 16.3. The quantitative estimate of drug-likeness (QED) is 0.508. The van der Waals surface area contributed by atoms with E-state index in [1.54, 1.807) is 20.8 Å². The summed E-state index contributed by atoms with van der Waals surface area (Å²) in [5.74, 6) is 0.838. The van der Waals surface area contributed by atoms with Crippen molar-refractivity contribution in [1.29, 1.82) is 0 Å². The lowest BCUT2D eigenvalue weighted by Crippen LogP contribution is -2.47. The van der Waals surface area contributed by atoms with Gasteiger partial charge in [0, 0.05) is 38.5 Å². The summed E-state index contributed by atoms with van der Waals surface area (Å²) in [6.45, 7) is 13.9. The summed E-state index contributed by atoms with van der Waals surface area (Å²) < 4.78 is 10.9. The van der Waals surface area contributed by atoms with Crippen LogP contribution < -0.4 is 15.4 Å². The Morgan fingerprint density at radius 1 is 0.971 bits per heavy atom. The zero-order chi connectivity index (χ0) is 26.1. The average molecular weight is 490 g/mol. The van der Waals surface area contributed by atoms with Gasteiger partial charge in [-0.15, -0.1) is 0 Å². The Kier molecular flexibility index (Phi) is 10.4. The maximum absolute atomic E-state index is 12.5. The molecule has 0 radical (unpaired) electrons. The van der Waals surface area contributed by atoms with E-state index in [9.17, 15) is 14.4 Å². The molecule has 1 aliphatic heterocycles. The Morgan fingerprint density at radius 3 is 2.17 bits per heavy atom. The van der Waals surface area contributed by atoms with Gasteiger partial charge in [-0.25, -0.2) is 4.79 Å². The summed E-state index contributed by atoms with van der Waals surface area (Å²) in [6, 6.07) is 8.18. The standard InChI is InChI=1S/C27H43N3O5/c1-26(2,3)20-9-11-22(12-10-20)34-19-7-8-24(32)30-17-14-21(15-18-30)29-23(31)13-16-28-25(33)35-27(4,5)6/h9-12,21H,7-8,13-19H2,1-6H3,(H,28,33)(H,29,31). The fraction of sp³-hybridized carbons (Fsp3) is 0.667. The Labute approximate surface area is 210 Å². The first kappa shape index (κ1) is 28.5. The van der Waals surface area contributed by atoms with Crippen molar-refractivity contribution in [3.63, 3.8) is 0 Å². The van der Waals surface area contributed by atoms with Crippen molar-refractivity contribution in [3.8, 4) is 5.75 Å². The van der Waals surface area contributed by atoms with Crippen molar-refractivity contribution < 1.29 is 23.9 Å². The highest BCUT2D eigenvalue weighted by Crippen LogP contribution is 2.24. The van der Waals surface area contributed by atoms with E-state index in [4.69, 9.17) is 9.47 Å². The van der Waals surface area contributed by atoms with Crippen LogP contribution in [-0.2, 0) is 19.7 Å². The minimum Gasteiger partial charge on any atom is -0.494 e. The normalized spacial score (nSPS) is 14.9. The number of likely N-dealkylation sites (tertiary alicyclic amines) is 1. The second-order valence-electron chi connectivity index (χ2n) is 11.1. The van der Waals surface area contributed by atoms with Crippen LogP contribution in [0.3, 0.4) is 0 Å². The van der Waals surface area contributed by atoms with Gasteiger partial charge in [0.05, 0.1) is 6.61 Å². The molecule has 0 aliphatic carbocycles. The predicted molar refractivity (Wildman–Crippen MR) is 136 cm³/mol. The first-order valence-electron chi connectivity index (χ1n) is 12.6. The van der Waals surface area contributed by atoms with Gasteiger partial charge in [0.15, 0.2) is 0 Å². The lowest BCUT2D eigenvalue weighted by molar-refractivity contribution is -0.132. The molecule has 1 saturated heterocycles. The van der Waals surface area contributed by atoms with E-state index in [0.29, 0.717) is 32.5 Å². The fourth-order valence-electron chi connectivity index (χ4n) is 3.79. The van der Waals surface area contributed by atoms with Gasteiger partial charge in [-0.3, -0.25) is 9.59 Å². The van der Waals surface area contributed by atoms with E-state index in [2.05, 4.69) is 43.5 Å². The number of carbonyl (C=O) groups is 3. The molecular formula is C27H43N3O5. The van der Waals surface area contributed by atoms with Gasteiger partial charge >= 0.3 is 6.09 Å². The lowest BCUT2D eigenvalue weighted by Gasteiger charge is -2.32. The molecule has 196 valence electrons. The highest BCUT2D eigenvalue weighted by molar-refractivity contribution is 5.78. The molecule has 1 heterocycles. The second-order valence-corrected chi connectivity index (χ2v) is 11.1. The smallest absolute Gasteiger partial charge is 0.407 e. The zero-order valence-electron chi connectivity index (χ0n) is 22.2. The molecule has 8 heteroatoms. The van der Waals surface area contributed by atoms with Crippen molar-refractivity contribution in [1.82, 2.24) is 15.5 Å².